The van der Waals surface area contributed by atoms with Crippen molar-refractivity contribution in [2.24, 2.45) is 0 Å². The zero-order valence-electron chi connectivity index (χ0n) is 40.1. The number of carbonyl (C=O) groups excluding carboxylic acids is 3. The van der Waals surface area contributed by atoms with Crippen molar-refractivity contribution < 1.29 is 28.6 Å². The molecule has 352 valence electrons. The molecule has 0 fully saturated rings. The monoisotopic (exact) mass is 861 g/mol. The predicted molar refractivity (Wildman–Crippen MR) is 265 cm³/mol. The van der Waals surface area contributed by atoms with Crippen LogP contribution in [0.4, 0.5) is 0 Å². The Balaban J connectivity index is 4.51. The maximum Gasteiger partial charge on any atom is 0.306 e. The first kappa shape index (κ1) is 58.3. The van der Waals surface area contributed by atoms with Crippen molar-refractivity contribution >= 4 is 17.9 Å². The molecule has 0 amide bonds. The quantitative estimate of drug-likeness (QED) is 0.0263. The highest BCUT2D eigenvalue weighted by Gasteiger charge is 2.19. The lowest BCUT2D eigenvalue weighted by Gasteiger charge is -2.18. The lowest BCUT2D eigenvalue weighted by molar-refractivity contribution is -0.167. The number of hydrogen-bond donors (Lipinski definition) is 0. The highest BCUT2D eigenvalue weighted by Crippen LogP contribution is 2.13. The third-order valence-electron chi connectivity index (χ3n) is 10.3. The van der Waals surface area contributed by atoms with Crippen LogP contribution in [0.1, 0.15) is 220 Å². The summed E-state index contributed by atoms with van der Waals surface area (Å²) >= 11 is 0. The zero-order chi connectivity index (χ0) is 45.1. The van der Waals surface area contributed by atoms with Crippen LogP contribution in [-0.4, -0.2) is 37.2 Å². The number of hydrogen-bond acceptors (Lipinski definition) is 6. The standard InChI is InChI=1S/C56H92O6/c1-4-7-10-13-16-19-22-25-28-31-34-37-40-43-46-49-55(58)61-52-53(51-60-54(57)48-45-42-39-36-33-30-27-24-21-18-15-12-9-6-3)62-56(59)50-47-44-41-38-35-32-29-26-23-20-17-14-11-8-5-2/h7-8,10-11,16-17,19-20,24-29,34,37,53H,4-6,9,12-15,18,21-23,30-33,35-36,38-52H2,1-3H3/b10-7-,11-8-,19-16-,20-17-,27-24-,28-25-,29-26-,37-34-. The first-order valence-electron chi connectivity index (χ1n) is 25.2. The molecule has 62 heavy (non-hydrogen) atoms. The van der Waals surface area contributed by atoms with Gasteiger partial charge in [0.05, 0.1) is 0 Å². The van der Waals surface area contributed by atoms with Gasteiger partial charge in [0.15, 0.2) is 6.10 Å². The number of ether oxygens (including phenoxy) is 3. The van der Waals surface area contributed by atoms with Crippen LogP contribution in [0, 0.1) is 0 Å². The minimum absolute atomic E-state index is 0.103. The Morgan fingerprint density at radius 3 is 1.03 bits per heavy atom. The molecule has 0 saturated carbocycles. The summed E-state index contributed by atoms with van der Waals surface area (Å²) in [6, 6.07) is 0. The lowest BCUT2D eigenvalue weighted by Crippen LogP contribution is -2.30. The molecule has 1 unspecified atom stereocenters. The zero-order valence-corrected chi connectivity index (χ0v) is 40.1. The molecule has 6 nitrogen and oxygen atoms in total. The van der Waals surface area contributed by atoms with Gasteiger partial charge in [-0.05, 0) is 116 Å². The van der Waals surface area contributed by atoms with E-state index in [-0.39, 0.29) is 31.1 Å². The Kier molecular flexibility index (Phi) is 47.0. The van der Waals surface area contributed by atoms with Gasteiger partial charge in [-0.25, -0.2) is 0 Å². The van der Waals surface area contributed by atoms with Crippen molar-refractivity contribution in [3.63, 3.8) is 0 Å². The first-order chi connectivity index (χ1) is 30.5. The Bertz CT molecular complexity index is 1260. The molecule has 0 bridgehead atoms. The van der Waals surface area contributed by atoms with E-state index in [0.717, 1.165) is 135 Å². The van der Waals surface area contributed by atoms with Gasteiger partial charge in [-0.3, -0.25) is 14.4 Å². The van der Waals surface area contributed by atoms with Gasteiger partial charge < -0.3 is 14.2 Å². The fraction of sp³-hybridized carbons (Fsp3) is 0.661. The minimum atomic E-state index is -0.807. The molecule has 0 heterocycles. The van der Waals surface area contributed by atoms with Crippen LogP contribution in [0.5, 0.6) is 0 Å². The van der Waals surface area contributed by atoms with Gasteiger partial charge in [0.2, 0.25) is 0 Å². The maximum absolute atomic E-state index is 12.8. The van der Waals surface area contributed by atoms with Crippen LogP contribution < -0.4 is 0 Å². The van der Waals surface area contributed by atoms with Crippen molar-refractivity contribution in [2.75, 3.05) is 13.2 Å². The van der Waals surface area contributed by atoms with Gasteiger partial charge in [-0.1, -0.05) is 182 Å². The predicted octanol–water partition coefficient (Wildman–Crippen LogP) is 16.6. The van der Waals surface area contributed by atoms with Crippen molar-refractivity contribution in [3.05, 3.63) is 97.2 Å². The third-order valence-corrected chi connectivity index (χ3v) is 10.3. The van der Waals surface area contributed by atoms with Crippen molar-refractivity contribution in [1.82, 2.24) is 0 Å². The van der Waals surface area contributed by atoms with Crippen LogP contribution in [0.25, 0.3) is 0 Å². The summed E-state index contributed by atoms with van der Waals surface area (Å²) in [4.78, 5) is 37.9. The summed E-state index contributed by atoms with van der Waals surface area (Å²) in [7, 11) is 0. The largest absolute Gasteiger partial charge is 0.462 e. The molecule has 0 rings (SSSR count). The topological polar surface area (TPSA) is 78.9 Å². The highest BCUT2D eigenvalue weighted by atomic mass is 16.6. The summed E-state index contributed by atoms with van der Waals surface area (Å²) in [5, 5.41) is 0. The Labute approximate surface area is 381 Å². The molecule has 0 saturated heterocycles. The van der Waals surface area contributed by atoms with Gasteiger partial charge in [0.1, 0.15) is 13.2 Å². The average Bonchev–Trinajstić information content (AvgIpc) is 3.27. The van der Waals surface area contributed by atoms with E-state index >= 15 is 0 Å². The number of rotatable bonds is 44. The van der Waals surface area contributed by atoms with Gasteiger partial charge in [0, 0.05) is 19.3 Å². The SMILES string of the molecule is CC/C=C\C/C=C\C/C=C\C/C=C\CCCCC(=O)OCC(COC(=O)CCCCCCC/C=C\CCCCCCC)OC(=O)CCCCCCC/C=C\C/C=C\C/C=C\CC. The molecule has 0 N–H and O–H groups in total. The van der Waals surface area contributed by atoms with Gasteiger partial charge in [-0.15, -0.1) is 0 Å². The molecule has 1 atom stereocenters. The summed E-state index contributed by atoms with van der Waals surface area (Å²) < 4.78 is 16.7. The van der Waals surface area contributed by atoms with Gasteiger partial charge >= 0.3 is 17.9 Å². The van der Waals surface area contributed by atoms with Crippen molar-refractivity contribution in [2.45, 2.75) is 226 Å². The number of unbranched alkanes of at least 4 members (excludes halogenated alkanes) is 17. The fourth-order valence-corrected chi connectivity index (χ4v) is 6.56. The van der Waals surface area contributed by atoms with Crippen LogP contribution in [0.3, 0.4) is 0 Å². The van der Waals surface area contributed by atoms with E-state index in [4.69, 9.17) is 14.2 Å². The fourth-order valence-electron chi connectivity index (χ4n) is 6.56. The van der Waals surface area contributed by atoms with Crippen LogP contribution in [0.15, 0.2) is 97.2 Å². The normalized spacial score (nSPS) is 12.9. The summed E-state index contributed by atoms with van der Waals surface area (Å²) in [6.45, 7) is 6.33. The molecule has 6 heteroatoms. The second-order valence-corrected chi connectivity index (χ2v) is 16.3. The Hall–Kier alpha value is -3.67. The second kappa shape index (κ2) is 50.0. The van der Waals surface area contributed by atoms with Crippen molar-refractivity contribution in [3.8, 4) is 0 Å². The van der Waals surface area contributed by atoms with E-state index in [1.807, 2.05) is 0 Å². The van der Waals surface area contributed by atoms with E-state index in [2.05, 4.69) is 118 Å². The summed E-state index contributed by atoms with van der Waals surface area (Å²) in [5.41, 5.74) is 0. The number of esters is 3. The van der Waals surface area contributed by atoms with Crippen molar-refractivity contribution in [1.29, 1.82) is 0 Å². The molecular formula is C56H92O6. The molecule has 0 aromatic heterocycles. The number of allylic oxidation sites excluding steroid dienone is 16. The average molecular weight is 861 g/mol. The molecule has 0 aliphatic rings. The van der Waals surface area contributed by atoms with E-state index in [1.165, 1.54) is 44.9 Å². The highest BCUT2D eigenvalue weighted by molar-refractivity contribution is 5.71. The first-order valence-corrected chi connectivity index (χ1v) is 25.2. The molecule has 0 radical (unpaired) electrons. The van der Waals surface area contributed by atoms with Gasteiger partial charge in [-0.2, -0.15) is 0 Å². The minimum Gasteiger partial charge on any atom is -0.462 e. The van der Waals surface area contributed by atoms with Crippen LogP contribution in [-0.2, 0) is 28.6 Å². The Morgan fingerprint density at radius 2 is 0.629 bits per heavy atom. The number of carbonyl (C=O) groups is 3. The third kappa shape index (κ3) is 47.4. The second-order valence-electron chi connectivity index (χ2n) is 16.3. The summed E-state index contributed by atoms with van der Waals surface area (Å²) in [5.74, 6) is -0.976. The van der Waals surface area contributed by atoms with E-state index in [9.17, 15) is 14.4 Å². The molecule has 0 aliphatic carbocycles. The van der Waals surface area contributed by atoms with Crippen LogP contribution in [0.2, 0.25) is 0 Å². The van der Waals surface area contributed by atoms with E-state index in [1.54, 1.807) is 0 Å². The lowest BCUT2D eigenvalue weighted by atomic mass is 10.1. The summed E-state index contributed by atoms with van der Waals surface area (Å²) in [6.07, 6.45) is 65.3. The van der Waals surface area contributed by atoms with Crippen LogP contribution >= 0.6 is 0 Å². The molecule has 0 spiro atoms. The van der Waals surface area contributed by atoms with E-state index in [0.29, 0.717) is 19.3 Å². The molecule has 0 aromatic carbocycles. The van der Waals surface area contributed by atoms with E-state index < -0.39 is 6.10 Å². The smallest absolute Gasteiger partial charge is 0.306 e. The Morgan fingerprint density at radius 1 is 0.339 bits per heavy atom. The molecular weight excluding hydrogens is 769 g/mol. The maximum atomic E-state index is 12.8. The molecule has 0 aliphatic heterocycles. The molecule has 0 aromatic rings. The van der Waals surface area contributed by atoms with Gasteiger partial charge in [0.25, 0.3) is 0 Å².